The number of nitrogens with zero attached hydrogens (tertiary/aromatic N) is 1. The molecule has 0 saturated heterocycles. The summed E-state index contributed by atoms with van der Waals surface area (Å²) in [4.78, 5) is 16.2. The van der Waals surface area contributed by atoms with Crippen LogP contribution in [0.5, 0.6) is 0 Å². The van der Waals surface area contributed by atoms with Gasteiger partial charge in [0, 0.05) is 17.3 Å². The molecule has 0 bridgehead atoms. The molecule has 1 aromatic heterocycles. The molecular weight excluding hydrogens is 252 g/mol. The number of fused-ring (bicyclic) bond motifs is 1. The van der Waals surface area contributed by atoms with Crippen molar-refractivity contribution < 1.29 is 9.53 Å². The maximum atomic E-state index is 11.9. The Morgan fingerprint density at radius 1 is 1.25 bits per heavy atom. The van der Waals surface area contributed by atoms with Crippen LogP contribution in [0.2, 0.25) is 0 Å². The number of hydrogen-bond acceptors (Lipinski definition) is 3. The van der Waals surface area contributed by atoms with Crippen LogP contribution in [-0.2, 0) is 9.53 Å². The molecule has 1 aromatic carbocycles. The average Bonchev–Trinajstić information content (AvgIpc) is 2.80. The normalized spacial score (nSPS) is 15.1. The first-order valence-corrected chi connectivity index (χ1v) is 6.48. The molecule has 1 aliphatic rings. The molecule has 3 rings (SSSR count). The van der Waals surface area contributed by atoms with E-state index in [0.29, 0.717) is 18.0 Å². The van der Waals surface area contributed by atoms with Gasteiger partial charge in [0.05, 0.1) is 18.4 Å². The van der Waals surface area contributed by atoms with Crippen LogP contribution in [0.3, 0.4) is 0 Å². The number of rotatable bonds is 3. The lowest BCUT2D eigenvalue weighted by atomic mass is 10.0. The molecule has 0 radical (unpaired) electrons. The highest BCUT2D eigenvalue weighted by molar-refractivity contribution is 6.31. The van der Waals surface area contributed by atoms with Gasteiger partial charge in [-0.25, -0.2) is 4.98 Å². The maximum absolute atomic E-state index is 11.9. The summed E-state index contributed by atoms with van der Waals surface area (Å²) in [6, 6.07) is 11.9. The highest BCUT2D eigenvalue weighted by atomic mass is 16.5. The van der Waals surface area contributed by atoms with Crippen molar-refractivity contribution in [2.24, 2.45) is 0 Å². The number of benzene rings is 1. The molecular formula is C16H14N2O2. The molecule has 0 saturated carbocycles. The summed E-state index contributed by atoms with van der Waals surface area (Å²) < 4.78 is 5.24. The fourth-order valence-electron chi connectivity index (χ4n) is 2.14. The Morgan fingerprint density at radius 2 is 2.05 bits per heavy atom. The summed E-state index contributed by atoms with van der Waals surface area (Å²) in [6.45, 7) is 2.40. The Kier molecular flexibility index (Phi) is 3.21. The van der Waals surface area contributed by atoms with Gasteiger partial charge in [-0.15, -0.1) is 0 Å². The van der Waals surface area contributed by atoms with Crippen molar-refractivity contribution in [3.05, 3.63) is 54.4 Å². The Bertz CT molecular complexity index is 678. The Labute approximate surface area is 117 Å². The topological polar surface area (TPSA) is 51.2 Å². The molecule has 1 amide bonds. The maximum Gasteiger partial charge on any atom is 0.260 e. The number of carbonyl (C=O) groups is 1. The van der Waals surface area contributed by atoms with Crippen molar-refractivity contribution in [2.75, 3.05) is 11.9 Å². The Morgan fingerprint density at radius 3 is 2.80 bits per heavy atom. The summed E-state index contributed by atoms with van der Waals surface area (Å²) in [5.41, 5.74) is 3.35. The molecule has 0 spiro atoms. The van der Waals surface area contributed by atoms with E-state index in [4.69, 9.17) is 4.74 Å². The molecule has 4 nitrogen and oxygen atoms in total. The molecule has 1 aliphatic heterocycles. The second-order valence-corrected chi connectivity index (χ2v) is 4.43. The summed E-state index contributed by atoms with van der Waals surface area (Å²) in [7, 11) is 0. The highest BCUT2D eigenvalue weighted by Gasteiger charge is 2.26. The summed E-state index contributed by atoms with van der Waals surface area (Å²) >= 11 is 0. The number of anilines is 1. The molecule has 0 atom stereocenters. The predicted octanol–water partition coefficient (Wildman–Crippen LogP) is 3.08. The van der Waals surface area contributed by atoms with Crippen molar-refractivity contribution >= 4 is 17.3 Å². The van der Waals surface area contributed by atoms with Gasteiger partial charge < -0.3 is 10.1 Å². The number of carbonyl (C=O) groups excluding carboxylic acids is 1. The molecule has 4 heteroatoms. The molecule has 100 valence electrons. The van der Waals surface area contributed by atoms with Gasteiger partial charge in [-0.05, 0) is 18.6 Å². The van der Waals surface area contributed by atoms with E-state index in [9.17, 15) is 4.79 Å². The fraction of sp³-hybridized carbons (Fsp3) is 0.125. The van der Waals surface area contributed by atoms with Crippen molar-refractivity contribution in [1.29, 1.82) is 0 Å². The predicted molar refractivity (Wildman–Crippen MR) is 77.9 cm³/mol. The number of hydrogen-bond donors (Lipinski definition) is 1. The van der Waals surface area contributed by atoms with Gasteiger partial charge >= 0.3 is 0 Å². The van der Waals surface area contributed by atoms with Crippen molar-refractivity contribution in [1.82, 2.24) is 4.98 Å². The third kappa shape index (κ3) is 2.16. The molecule has 0 aliphatic carbocycles. The molecule has 2 aromatic rings. The number of pyridine rings is 1. The Balaban J connectivity index is 2.05. The van der Waals surface area contributed by atoms with E-state index in [-0.39, 0.29) is 5.91 Å². The van der Waals surface area contributed by atoms with E-state index in [2.05, 4.69) is 10.3 Å². The molecule has 2 heterocycles. The standard InChI is InChI=1S/C16H14N2O2/c1-2-20-10-14-13-8-12(11-6-4-3-5-7-11)9-17-15(13)18-16(14)19/h3-10H,2H2,1H3,(H,17,18,19)/b14-10-. The first kappa shape index (κ1) is 12.4. The minimum absolute atomic E-state index is 0.175. The summed E-state index contributed by atoms with van der Waals surface area (Å²) in [6.07, 6.45) is 3.26. The minimum Gasteiger partial charge on any atom is -0.501 e. The first-order chi connectivity index (χ1) is 9.79. The van der Waals surface area contributed by atoms with E-state index in [1.54, 1.807) is 6.20 Å². The van der Waals surface area contributed by atoms with Gasteiger partial charge in [0.25, 0.3) is 5.91 Å². The lowest BCUT2D eigenvalue weighted by Crippen LogP contribution is -2.04. The van der Waals surface area contributed by atoms with Crippen LogP contribution in [0, 0.1) is 0 Å². The molecule has 0 fully saturated rings. The van der Waals surface area contributed by atoms with Crippen LogP contribution < -0.4 is 5.32 Å². The van der Waals surface area contributed by atoms with Gasteiger partial charge in [0.15, 0.2) is 0 Å². The lowest BCUT2D eigenvalue weighted by Gasteiger charge is -2.04. The van der Waals surface area contributed by atoms with Crippen LogP contribution in [0.1, 0.15) is 12.5 Å². The quantitative estimate of drug-likeness (QED) is 0.686. The van der Waals surface area contributed by atoms with Gasteiger partial charge in [0.1, 0.15) is 5.82 Å². The minimum atomic E-state index is -0.175. The van der Waals surface area contributed by atoms with E-state index < -0.39 is 0 Å². The van der Waals surface area contributed by atoms with E-state index in [0.717, 1.165) is 16.7 Å². The highest BCUT2D eigenvalue weighted by Crippen LogP contribution is 2.33. The second kappa shape index (κ2) is 5.17. The van der Waals surface area contributed by atoms with Crippen LogP contribution in [-0.4, -0.2) is 17.5 Å². The number of amides is 1. The Hall–Kier alpha value is -2.62. The van der Waals surface area contributed by atoms with Gasteiger partial charge in [-0.3, -0.25) is 4.79 Å². The zero-order chi connectivity index (χ0) is 13.9. The largest absolute Gasteiger partial charge is 0.501 e. The number of ether oxygens (including phenoxy) is 1. The van der Waals surface area contributed by atoms with Gasteiger partial charge in [0.2, 0.25) is 0 Å². The third-order valence-corrected chi connectivity index (χ3v) is 3.13. The zero-order valence-electron chi connectivity index (χ0n) is 11.1. The molecule has 0 unspecified atom stereocenters. The first-order valence-electron chi connectivity index (χ1n) is 6.48. The second-order valence-electron chi connectivity index (χ2n) is 4.43. The van der Waals surface area contributed by atoms with E-state index in [1.807, 2.05) is 43.3 Å². The zero-order valence-corrected chi connectivity index (χ0v) is 11.1. The van der Waals surface area contributed by atoms with Crippen molar-refractivity contribution in [3.8, 4) is 11.1 Å². The van der Waals surface area contributed by atoms with Crippen molar-refractivity contribution in [2.45, 2.75) is 6.92 Å². The van der Waals surface area contributed by atoms with Gasteiger partial charge in [-0.1, -0.05) is 30.3 Å². The van der Waals surface area contributed by atoms with Crippen LogP contribution >= 0.6 is 0 Å². The van der Waals surface area contributed by atoms with Crippen LogP contribution in [0.4, 0.5) is 5.82 Å². The molecule has 20 heavy (non-hydrogen) atoms. The van der Waals surface area contributed by atoms with E-state index in [1.165, 1.54) is 6.26 Å². The molecule has 1 N–H and O–H groups in total. The number of aromatic nitrogens is 1. The smallest absolute Gasteiger partial charge is 0.260 e. The third-order valence-electron chi connectivity index (χ3n) is 3.13. The lowest BCUT2D eigenvalue weighted by molar-refractivity contribution is -0.110. The van der Waals surface area contributed by atoms with Gasteiger partial charge in [-0.2, -0.15) is 0 Å². The fourth-order valence-corrected chi connectivity index (χ4v) is 2.14. The van der Waals surface area contributed by atoms with Crippen LogP contribution in [0.25, 0.3) is 16.7 Å². The van der Waals surface area contributed by atoms with Crippen molar-refractivity contribution in [3.63, 3.8) is 0 Å². The SMILES string of the molecule is CCO/C=C1\C(=O)Nc2ncc(-c3ccccc3)cc21. The average molecular weight is 266 g/mol. The summed E-state index contributed by atoms with van der Waals surface area (Å²) in [5, 5.41) is 2.74. The van der Waals surface area contributed by atoms with E-state index >= 15 is 0 Å². The summed E-state index contributed by atoms with van der Waals surface area (Å²) in [5.74, 6) is 0.409. The monoisotopic (exact) mass is 266 g/mol. The number of nitrogens with one attached hydrogen (secondary N) is 1. The van der Waals surface area contributed by atoms with Crippen LogP contribution in [0.15, 0.2) is 48.9 Å².